The summed E-state index contributed by atoms with van der Waals surface area (Å²) in [5.41, 5.74) is -0.555. The summed E-state index contributed by atoms with van der Waals surface area (Å²) >= 11 is 5.98. The molecule has 1 unspecified atom stereocenters. The lowest BCUT2D eigenvalue weighted by Crippen LogP contribution is -2.40. The summed E-state index contributed by atoms with van der Waals surface area (Å²) in [5.74, 6) is 0.367. The van der Waals surface area contributed by atoms with E-state index in [4.69, 9.17) is 16.1 Å². The standard InChI is InChI=1S/C15H15ClN4O3/c1-3-11-17-12(23-19-11)8-20-13(21)15(2,18-14(20)22)9-5-4-6-10(16)7-9/h4-7H,3,8H2,1-2H3,(H,18,22). The zero-order valence-corrected chi connectivity index (χ0v) is 13.4. The van der Waals surface area contributed by atoms with Crippen molar-refractivity contribution in [2.75, 3.05) is 0 Å². The maximum Gasteiger partial charge on any atom is 0.325 e. The van der Waals surface area contributed by atoms with E-state index in [2.05, 4.69) is 15.5 Å². The second-order valence-corrected chi connectivity index (χ2v) is 5.85. The quantitative estimate of drug-likeness (QED) is 0.866. The summed E-state index contributed by atoms with van der Waals surface area (Å²) in [5, 5.41) is 6.96. The first-order valence-electron chi connectivity index (χ1n) is 7.15. The average Bonchev–Trinajstić information content (AvgIpc) is 3.07. The Morgan fingerprint density at radius 2 is 2.17 bits per heavy atom. The van der Waals surface area contributed by atoms with E-state index in [9.17, 15) is 9.59 Å². The molecule has 0 spiro atoms. The van der Waals surface area contributed by atoms with E-state index in [0.29, 0.717) is 22.8 Å². The summed E-state index contributed by atoms with van der Waals surface area (Å²) in [4.78, 5) is 30.1. The normalized spacial score (nSPS) is 20.9. The summed E-state index contributed by atoms with van der Waals surface area (Å²) in [6.07, 6.45) is 0.615. The van der Waals surface area contributed by atoms with Crippen molar-refractivity contribution >= 4 is 23.5 Å². The molecule has 8 heteroatoms. The summed E-state index contributed by atoms with van der Waals surface area (Å²) in [6, 6.07) is 6.34. The first kappa shape index (κ1) is 15.5. The number of hydrogen-bond acceptors (Lipinski definition) is 5. The molecule has 0 bridgehead atoms. The molecular formula is C15H15ClN4O3. The molecule has 0 aliphatic carbocycles. The third-order valence-corrected chi connectivity index (χ3v) is 4.03. The Labute approximate surface area is 137 Å². The maximum atomic E-state index is 12.7. The number of amides is 3. The Morgan fingerprint density at radius 1 is 1.39 bits per heavy atom. The number of carbonyl (C=O) groups excluding carboxylic acids is 2. The largest absolute Gasteiger partial charge is 0.337 e. The van der Waals surface area contributed by atoms with Crippen LogP contribution in [0, 0.1) is 0 Å². The van der Waals surface area contributed by atoms with Crippen molar-refractivity contribution in [3.05, 3.63) is 46.6 Å². The highest BCUT2D eigenvalue weighted by Gasteiger charge is 2.49. The Hall–Kier alpha value is -2.41. The molecule has 7 nitrogen and oxygen atoms in total. The molecule has 3 amide bonds. The highest BCUT2D eigenvalue weighted by atomic mass is 35.5. The van der Waals surface area contributed by atoms with Crippen LogP contribution in [0.5, 0.6) is 0 Å². The Kier molecular flexibility index (Phi) is 3.81. The van der Waals surface area contributed by atoms with Gasteiger partial charge >= 0.3 is 6.03 Å². The van der Waals surface area contributed by atoms with Crippen molar-refractivity contribution < 1.29 is 14.1 Å². The van der Waals surface area contributed by atoms with Gasteiger partial charge < -0.3 is 9.84 Å². The molecule has 1 aromatic heterocycles. The SMILES string of the molecule is CCc1noc(CN2C(=O)NC(C)(c3cccc(Cl)c3)C2=O)n1. The van der Waals surface area contributed by atoms with Crippen LogP contribution in [-0.2, 0) is 23.3 Å². The van der Waals surface area contributed by atoms with Crippen LogP contribution in [0.3, 0.4) is 0 Å². The number of imide groups is 1. The van der Waals surface area contributed by atoms with Gasteiger partial charge in [0.25, 0.3) is 5.91 Å². The fraction of sp³-hybridized carbons (Fsp3) is 0.333. The molecule has 1 atom stereocenters. The van der Waals surface area contributed by atoms with Gasteiger partial charge in [0.15, 0.2) is 5.82 Å². The number of aryl methyl sites for hydroxylation is 1. The fourth-order valence-corrected chi connectivity index (χ4v) is 2.66. The molecule has 1 fully saturated rings. The number of nitrogens with zero attached hydrogens (tertiary/aromatic N) is 3. The summed E-state index contributed by atoms with van der Waals surface area (Å²) < 4.78 is 5.05. The minimum Gasteiger partial charge on any atom is -0.337 e. The number of halogens is 1. The minimum atomic E-state index is -1.17. The predicted octanol–water partition coefficient (Wildman–Crippen LogP) is 2.25. The molecule has 1 aliphatic heterocycles. The molecule has 3 rings (SSSR count). The molecular weight excluding hydrogens is 320 g/mol. The van der Waals surface area contributed by atoms with Gasteiger partial charge in [0, 0.05) is 11.4 Å². The molecule has 120 valence electrons. The zero-order chi connectivity index (χ0) is 16.6. The van der Waals surface area contributed by atoms with Crippen LogP contribution in [-0.4, -0.2) is 27.0 Å². The number of aromatic nitrogens is 2. The number of hydrogen-bond donors (Lipinski definition) is 1. The number of urea groups is 1. The number of benzene rings is 1. The van der Waals surface area contributed by atoms with Crippen molar-refractivity contribution in [1.29, 1.82) is 0 Å². The van der Waals surface area contributed by atoms with E-state index >= 15 is 0 Å². The Morgan fingerprint density at radius 3 is 2.83 bits per heavy atom. The second-order valence-electron chi connectivity index (χ2n) is 5.41. The lowest BCUT2D eigenvalue weighted by molar-refractivity contribution is -0.131. The fourth-order valence-electron chi connectivity index (χ4n) is 2.47. The lowest BCUT2D eigenvalue weighted by atomic mass is 9.92. The highest BCUT2D eigenvalue weighted by molar-refractivity contribution is 6.30. The molecule has 0 radical (unpaired) electrons. The second kappa shape index (κ2) is 5.66. The van der Waals surface area contributed by atoms with Gasteiger partial charge in [0.05, 0.1) is 0 Å². The molecule has 2 aromatic rings. The van der Waals surface area contributed by atoms with Gasteiger partial charge in [-0.3, -0.25) is 9.69 Å². The van der Waals surface area contributed by atoms with Crippen LogP contribution in [0.15, 0.2) is 28.8 Å². The zero-order valence-electron chi connectivity index (χ0n) is 12.7. The number of carbonyl (C=O) groups is 2. The van der Waals surface area contributed by atoms with Crippen LogP contribution < -0.4 is 5.32 Å². The van der Waals surface area contributed by atoms with E-state index in [1.54, 1.807) is 31.2 Å². The molecule has 2 heterocycles. The van der Waals surface area contributed by atoms with Gasteiger partial charge in [-0.15, -0.1) is 0 Å². The van der Waals surface area contributed by atoms with Crippen LogP contribution in [0.2, 0.25) is 5.02 Å². The third kappa shape index (κ3) is 2.68. The lowest BCUT2D eigenvalue weighted by Gasteiger charge is -2.22. The third-order valence-electron chi connectivity index (χ3n) is 3.80. The predicted molar refractivity (Wildman–Crippen MR) is 81.6 cm³/mol. The van der Waals surface area contributed by atoms with Gasteiger partial charge in [0.2, 0.25) is 5.89 Å². The van der Waals surface area contributed by atoms with Gasteiger partial charge in [-0.2, -0.15) is 4.98 Å². The maximum absolute atomic E-state index is 12.7. The van der Waals surface area contributed by atoms with Crippen molar-refractivity contribution in [2.24, 2.45) is 0 Å². The molecule has 1 aliphatic rings. The van der Waals surface area contributed by atoms with Gasteiger partial charge in [-0.1, -0.05) is 35.8 Å². The van der Waals surface area contributed by atoms with Crippen LogP contribution >= 0.6 is 11.6 Å². The number of rotatable bonds is 4. The van der Waals surface area contributed by atoms with E-state index < -0.39 is 11.6 Å². The highest BCUT2D eigenvalue weighted by Crippen LogP contribution is 2.30. The monoisotopic (exact) mass is 334 g/mol. The molecule has 1 saturated heterocycles. The van der Waals surface area contributed by atoms with E-state index in [1.165, 1.54) is 0 Å². The van der Waals surface area contributed by atoms with Crippen LogP contribution in [0.1, 0.15) is 31.1 Å². The van der Waals surface area contributed by atoms with Crippen molar-refractivity contribution in [2.45, 2.75) is 32.4 Å². The Balaban J connectivity index is 1.87. The average molecular weight is 335 g/mol. The van der Waals surface area contributed by atoms with E-state index in [0.717, 1.165) is 4.90 Å². The van der Waals surface area contributed by atoms with Crippen molar-refractivity contribution in [1.82, 2.24) is 20.4 Å². The smallest absolute Gasteiger partial charge is 0.325 e. The van der Waals surface area contributed by atoms with Crippen molar-refractivity contribution in [3.8, 4) is 0 Å². The molecule has 1 N–H and O–H groups in total. The van der Waals surface area contributed by atoms with Gasteiger partial charge in [0.1, 0.15) is 12.1 Å². The minimum absolute atomic E-state index is 0.0617. The van der Waals surface area contributed by atoms with Crippen LogP contribution in [0.4, 0.5) is 4.79 Å². The van der Waals surface area contributed by atoms with E-state index in [-0.39, 0.29) is 18.3 Å². The first-order chi connectivity index (χ1) is 10.9. The first-order valence-corrected chi connectivity index (χ1v) is 7.53. The summed E-state index contributed by atoms with van der Waals surface area (Å²) in [6.45, 7) is 3.47. The van der Waals surface area contributed by atoms with Gasteiger partial charge in [-0.25, -0.2) is 4.79 Å². The molecule has 23 heavy (non-hydrogen) atoms. The summed E-state index contributed by atoms with van der Waals surface area (Å²) in [7, 11) is 0. The topological polar surface area (TPSA) is 88.3 Å². The van der Waals surface area contributed by atoms with Crippen LogP contribution in [0.25, 0.3) is 0 Å². The molecule has 1 aromatic carbocycles. The Bertz CT molecular complexity index is 776. The van der Waals surface area contributed by atoms with E-state index in [1.807, 2.05) is 6.92 Å². The molecule has 0 saturated carbocycles. The van der Waals surface area contributed by atoms with Crippen molar-refractivity contribution in [3.63, 3.8) is 0 Å². The van der Waals surface area contributed by atoms with Gasteiger partial charge in [-0.05, 0) is 24.6 Å². The number of nitrogens with one attached hydrogen (secondary N) is 1.